The summed E-state index contributed by atoms with van der Waals surface area (Å²) in [5.41, 5.74) is 0.735. The molecule has 1 unspecified atom stereocenters. The van der Waals surface area contributed by atoms with E-state index in [9.17, 15) is 24.3 Å². The Morgan fingerprint density at radius 3 is 2.58 bits per heavy atom. The molecule has 0 saturated carbocycles. The number of halogens is 1. The van der Waals surface area contributed by atoms with E-state index in [0.717, 1.165) is 11.1 Å². The highest BCUT2D eigenvalue weighted by Crippen LogP contribution is 2.60. The monoisotopic (exact) mass is 776 g/mol. The molecule has 13 nitrogen and oxygen atoms in total. The van der Waals surface area contributed by atoms with Crippen molar-refractivity contribution >= 4 is 50.7 Å². The zero-order chi connectivity index (χ0) is 37.2. The molecule has 52 heavy (non-hydrogen) atoms. The third kappa shape index (κ3) is 6.79. The highest BCUT2D eigenvalue weighted by Gasteiger charge is 2.77. The molecule has 2 bridgehead atoms. The van der Waals surface area contributed by atoms with E-state index < -0.39 is 72.0 Å². The number of rotatable bonds is 16. The summed E-state index contributed by atoms with van der Waals surface area (Å²) in [7, 11) is 0. The second-order valence-electron chi connectivity index (χ2n) is 14.0. The number of allylic oxidation sites excluding steroid dienone is 1. The number of aliphatic hydroxyl groups excluding tert-OH is 1. The summed E-state index contributed by atoms with van der Waals surface area (Å²) in [6.07, 6.45) is 3.42. The van der Waals surface area contributed by atoms with Gasteiger partial charge in [-0.05, 0) is 36.5 Å². The number of hydrogen-bond donors (Lipinski definition) is 2. The fraction of sp³-hybridized carbons (Fsp3) is 0.474. The number of carbonyl (C=O) groups is 4. The molecule has 0 radical (unpaired) electrons. The van der Waals surface area contributed by atoms with Crippen molar-refractivity contribution in [2.45, 2.75) is 74.4 Å². The Kier molecular flexibility index (Phi) is 11.3. The van der Waals surface area contributed by atoms with Gasteiger partial charge in [-0.25, -0.2) is 4.68 Å². The van der Waals surface area contributed by atoms with E-state index in [1.807, 2.05) is 68.4 Å². The lowest BCUT2D eigenvalue weighted by atomic mass is 9.70. The molecule has 2 aromatic carbocycles. The standard InChI is InChI=1S/C38H45BrN6O7/c1-5-7-17-30(47)51-21-27(24-13-9-8-10-14-24)40-35(48)31-32-36(49)45(29(20-46)23(3)4)34(38(32)19-25(39)33(31)52-38)37(50)43(18-6-2)22-44-28-16-12-11-15-26(28)41-42-44/h5-6,8-16,23,25,27,29,31-34,46H,1-2,7,17-22H2,3-4H3,(H,40,48)/t25?,27-,29-,31-,32+,33-,34-,38+/m0/s1. The van der Waals surface area contributed by atoms with Crippen molar-refractivity contribution in [1.82, 2.24) is 30.1 Å². The first kappa shape index (κ1) is 37.4. The van der Waals surface area contributed by atoms with E-state index in [-0.39, 0.29) is 43.4 Å². The molecule has 14 heteroatoms. The van der Waals surface area contributed by atoms with Gasteiger partial charge in [0.15, 0.2) is 0 Å². The molecule has 3 amide bonds. The number of carbonyl (C=O) groups excluding carboxylic acids is 4. The van der Waals surface area contributed by atoms with Crippen LogP contribution in [0.4, 0.5) is 0 Å². The number of hydrogen-bond acceptors (Lipinski definition) is 9. The summed E-state index contributed by atoms with van der Waals surface area (Å²) in [6.45, 7) is 10.9. The number of esters is 1. The van der Waals surface area contributed by atoms with E-state index in [4.69, 9.17) is 9.47 Å². The summed E-state index contributed by atoms with van der Waals surface area (Å²) in [6, 6.07) is 14.0. The number of amides is 3. The number of nitrogens with zero attached hydrogens (tertiary/aromatic N) is 5. The largest absolute Gasteiger partial charge is 0.463 e. The van der Waals surface area contributed by atoms with Gasteiger partial charge in [0.05, 0.1) is 42.1 Å². The van der Waals surface area contributed by atoms with Crippen LogP contribution in [0.15, 0.2) is 79.9 Å². The molecule has 1 aromatic heterocycles. The minimum absolute atomic E-state index is 0.0193. The van der Waals surface area contributed by atoms with Crippen LogP contribution in [-0.4, -0.2) is 102 Å². The summed E-state index contributed by atoms with van der Waals surface area (Å²) in [4.78, 5) is 59.4. The Balaban J connectivity index is 1.35. The lowest BCUT2D eigenvalue weighted by molar-refractivity contribution is -0.153. The predicted octanol–water partition coefficient (Wildman–Crippen LogP) is 3.54. The Morgan fingerprint density at radius 2 is 1.88 bits per heavy atom. The first-order chi connectivity index (χ1) is 25.1. The first-order valence-corrected chi connectivity index (χ1v) is 18.5. The average Bonchev–Trinajstić information content (AvgIpc) is 3.86. The van der Waals surface area contributed by atoms with Gasteiger partial charge in [0.2, 0.25) is 17.7 Å². The summed E-state index contributed by atoms with van der Waals surface area (Å²) in [5.74, 6) is -3.94. The van der Waals surface area contributed by atoms with Crippen LogP contribution in [0.25, 0.3) is 11.0 Å². The van der Waals surface area contributed by atoms with Crippen LogP contribution in [-0.2, 0) is 35.3 Å². The van der Waals surface area contributed by atoms with Crippen molar-refractivity contribution in [2.24, 2.45) is 17.8 Å². The van der Waals surface area contributed by atoms with E-state index in [1.54, 1.807) is 21.7 Å². The smallest absolute Gasteiger partial charge is 0.306 e. The molecule has 276 valence electrons. The van der Waals surface area contributed by atoms with Gasteiger partial charge in [-0.3, -0.25) is 19.2 Å². The Morgan fingerprint density at radius 1 is 1.15 bits per heavy atom. The highest BCUT2D eigenvalue weighted by atomic mass is 79.9. The maximum atomic E-state index is 15.0. The molecule has 8 atom stereocenters. The topological polar surface area (TPSA) is 156 Å². The third-order valence-electron chi connectivity index (χ3n) is 10.4. The molecule has 3 saturated heterocycles. The predicted molar refractivity (Wildman–Crippen MR) is 195 cm³/mol. The summed E-state index contributed by atoms with van der Waals surface area (Å²) >= 11 is 3.74. The first-order valence-electron chi connectivity index (χ1n) is 17.6. The number of fused-ring (bicyclic) bond motifs is 2. The number of nitrogens with one attached hydrogen (secondary N) is 1. The molecule has 4 heterocycles. The van der Waals surface area contributed by atoms with Gasteiger partial charge >= 0.3 is 5.97 Å². The minimum atomic E-state index is -1.37. The normalized spacial score (nSPS) is 25.9. The number of benzene rings is 2. The number of aliphatic hydroxyl groups is 1. The molecule has 2 N–H and O–H groups in total. The van der Waals surface area contributed by atoms with Crippen LogP contribution in [0.2, 0.25) is 0 Å². The van der Waals surface area contributed by atoms with Gasteiger partial charge in [-0.15, -0.1) is 18.3 Å². The Bertz CT molecular complexity index is 1820. The van der Waals surface area contributed by atoms with Gasteiger partial charge in [0, 0.05) is 17.8 Å². The van der Waals surface area contributed by atoms with Gasteiger partial charge in [-0.1, -0.05) is 89.6 Å². The lowest BCUT2D eigenvalue weighted by Gasteiger charge is -2.40. The van der Waals surface area contributed by atoms with Crippen LogP contribution in [0, 0.1) is 17.8 Å². The maximum absolute atomic E-state index is 15.0. The fourth-order valence-electron chi connectivity index (χ4n) is 8.00. The summed E-state index contributed by atoms with van der Waals surface area (Å²) < 4.78 is 13.9. The van der Waals surface area contributed by atoms with Gasteiger partial charge in [-0.2, -0.15) is 0 Å². The molecular formula is C38H45BrN6O7. The number of para-hydroxylation sites is 1. The fourth-order valence-corrected chi connectivity index (χ4v) is 8.94. The second kappa shape index (κ2) is 15.7. The van der Waals surface area contributed by atoms with Crippen molar-refractivity contribution in [2.75, 3.05) is 19.8 Å². The van der Waals surface area contributed by atoms with Gasteiger partial charge in [0.25, 0.3) is 0 Å². The van der Waals surface area contributed by atoms with Gasteiger partial charge < -0.3 is 29.7 Å². The average molecular weight is 778 g/mol. The molecule has 6 rings (SSSR count). The number of alkyl halides is 1. The van der Waals surface area contributed by atoms with E-state index >= 15 is 0 Å². The minimum Gasteiger partial charge on any atom is -0.463 e. The SMILES string of the molecule is C=CCCC(=O)OC[C@H](NC(=O)[C@@H]1[C@H]2O[C@@]3(CC2Br)[C@H](C(=O)N(CC=C)Cn2nnc4ccccc42)N([C@@H](CO)C(C)C)C(=O)[C@@H]13)c1ccccc1. The molecule has 3 aliphatic rings. The van der Waals surface area contributed by atoms with Crippen molar-refractivity contribution < 1.29 is 33.8 Å². The third-order valence-corrected chi connectivity index (χ3v) is 11.3. The highest BCUT2D eigenvalue weighted by molar-refractivity contribution is 9.09. The number of aromatic nitrogens is 3. The summed E-state index contributed by atoms with van der Waals surface area (Å²) in [5, 5.41) is 22.2. The van der Waals surface area contributed by atoms with Crippen LogP contribution in [0.3, 0.4) is 0 Å². The van der Waals surface area contributed by atoms with Crippen molar-refractivity contribution in [1.29, 1.82) is 0 Å². The quantitative estimate of drug-likeness (QED) is 0.126. The zero-order valence-electron chi connectivity index (χ0n) is 29.3. The lowest BCUT2D eigenvalue weighted by Crippen LogP contribution is -2.60. The van der Waals surface area contributed by atoms with Crippen LogP contribution in [0.1, 0.15) is 44.7 Å². The number of likely N-dealkylation sites (tertiary alicyclic amines) is 1. The maximum Gasteiger partial charge on any atom is 0.306 e. The zero-order valence-corrected chi connectivity index (χ0v) is 30.9. The molecular weight excluding hydrogens is 732 g/mol. The Labute approximate surface area is 311 Å². The van der Waals surface area contributed by atoms with Crippen molar-refractivity contribution in [3.05, 3.63) is 85.5 Å². The van der Waals surface area contributed by atoms with Crippen LogP contribution in [0.5, 0.6) is 0 Å². The second-order valence-corrected chi connectivity index (χ2v) is 15.1. The van der Waals surface area contributed by atoms with Crippen LogP contribution >= 0.6 is 15.9 Å². The van der Waals surface area contributed by atoms with E-state index in [0.29, 0.717) is 11.9 Å². The molecule has 3 aromatic rings. The van der Waals surface area contributed by atoms with Crippen molar-refractivity contribution in [3.63, 3.8) is 0 Å². The molecule has 0 aliphatic carbocycles. The molecule has 3 aliphatic heterocycles. The number of ether oxygens (including phenoxy) is 2. The van der Waals surface area contributed by atoms with E-state index in [1.165, 1.54) is 4.90 Å². The molecule has 3 fully saturated rings. The van der Waals surface area contributed by atoms with Gasteiger partial charge in [0.1, 0.15) is 30.4 Å². The molecule has 1 spiro atoms. The van der Waals surface area contributed by atoms with Crippen LogP contribution < -0.4 is 5.32 Å². The van der Waals surface area contributed by atoms with Crippen molar-refractivity contribution in [3.8, 4) is 0 Å². The Hall–Kier alpha value is -4.40. The van der Waals surface area contributed by atoms with E-state index in [2.05, 4.69) is 44.7 Å².